The Balaban J connectivity index is 2.54. The highest BCUT2D eigenvalue weighted by molar-refractivity contribution is 7.89. The molecule has 0 aliphatic heterocycles. The van der Waals surface area contributed by atoms with Gasteiger partial charge in [0.25, 0.3) is 0 Å². The van der Waals surface area contributed by atoms with Crippen molar-refractivity contribution in [3.05, 3.63) is 29.8 Å². The molecule has 0 radical (unpaired) electrons. The van der Waals surface area contributed by atoms with Gasteiger partial charge in [-0.3, -0.25) is 0 Å². The number of sulfonamides is 1. The van der Waals surface area contributed by atoms with Gasteiger partial charge in [0.2, 0.25) is 10.0 Å². The summed E-state index contributed by atoms with van der Waals surface area (Å²) in [6.45, 7) is 4.79. The molecule has 4 nitrogen and oxygen atoms in total. The van der Waals surface area contributed by atoms with Gasteiger partial charge in [-0.1, -0.05) is 51.0 Å². The van der Waals surface area contributed by atoms with Crippen LogP contribution in [0, 0.1) is 5.92 Å². The van der Waals surface area contributed by atoms with Crippen LogP contribution in [-0.2, 0) is 10.0 Å². The second-order valence-corrected chi connectivity index (χ2v) is 7.38. The minimum atomic E-state index is -3.44. The van der Waals surface area contributed by atoms with Crippen molar-refractivity contribution in [3.8, 4) is 0 Å². The molecule has 0 aliphatic rings. The zero-order chi connectivity index (χ0) is 15.2. The maximum atomic E-state index is 12.0. The molecule has 0 saturated heterocycles. The highest BCUT2D eigenvalue weighted by Gasteiger charge is 2.13. The van der Waals surface area contributed by atoms with Gasteiger partial charge < -0.3 is 5.73 Å². The fourth-order valence-corrected chi connectivity index (χ4v) is 2.98. The highest BCUT2D eigenvalue weighted by atomic mass is 32.2. The van der Waals surface area contributed by atoms with Crippen LogP contribution in [0.25, 0.3) is 0 Å². The third-order valence-electron chi connectivity index (χ3n) is 2.95. The lowest BCUT2D eigenvalue weighted by atomic mass is 10.1. The topological polar surface area (TPSA) is 72.2 Å². The van der Waals surface area contributed by atoms with E-state index in [2.05, 4.69) is 18.6 Å². The number of unbranched alkanes of at least 4 members (excludes halogenated alkanes) is 1. The van der Waals surface area contributed by atoms with Gasteiger partial charge in [-0.15, -0.1) is 0 Å². The van der Waals surface area contributed by atoms with Gasteiger partial charge >= 0.3 is 0 Å². The number of nitrogens with one attached hydrogen (secondary N) is 1. The smallest absolute Gasteiger partial charge is 0.240 e. The van der Waals surface area contributed by atoms with Gasteiger partial charge in [-0.25, -0.2) is 13.1 Å². The molecule has 0 fully saturated rings. The summed E-state index contributed by atoms with van der Waals surface area (Å²) >= 11 is 4.83. The Labute approximate surface area is 126 Å². The molecule has 3 N–H and O–H groups in total. The molecule has 1 aromatic carbocycles. The molecule has 0 spiro atoms. The molecular formula is C14H22N2O2S2. The van der Waals surface area contributed by atoms with Gasteiger partial charge in [0.1, 0.15) is 4.99 Å². The number of hydrogen-bond donors (Lipinski definition) is 2. The standard InChI is InChI=1S/C14H22N2O2S2/c1-11(2)5-3-4-10-16-20(17,18)13-8-6-12(7-9-13)14(15)19/h6-9,11,16H,3-5,10H2,1-2H3,(H2,15,19). The van der Waals surface area contributed by atoms with E-state index < -0.39 is 10.0 Å². The van der Waals surface area contributed by atoms with Crippen LogP contribution in [0.4, 0.5) is 0 Å². The normalized spacial score (nSPS) is 11.8. The van der Waals surface area contributed by atoms with Crippen molar-refractivity contribution in [1.82, 2.24) is 4.72 Å². The molecule has 0 atom stereocenters. The second kappa shape index (κ2) is 7.71. The van der Waals surface area contributed by atoms with Crippen LogP contribution in [0.1, 0.15) is 38.7 Å². The molecule has 0 aliphatic carbocycles. The van der Waals surface area contributed by atoms with Crippen LogP contribution < -0.4 is 10.5 Å². The monoisotopic (exact) mass is 314 g/mol. The predicted octanol–water partition coefficient (Wildman–Crippen LogP) is 2.43. The Hall–Kier alpha value is -0.980. The molecule has 0 heterocycles. The lowest BCUT2D eigenvalue weighted by Gasteiger charge is -2.08. The molecule has 0 unspecified atom stereocenters. The predicted molar refractivity (Wildman–Crippen MR) is 86.2 cm³/mol. The van der Waals surface area contributed by atoms with E-state index in [9.17, 15) is 8.42 Å². The maximum absolute atomic E-state index is 12.0. The summed E-state index contributed by atoms with van der Waals surface area (Å²) in [6.07, 6.45) is 2.99. The molecule has 1 rings (SSSR count). The van der Waals surface area contributed by atoms with Crippen LogP contribution in [-0.4, -0.2) is 20.0 Å². The highest BCUT2D eigenvalue weighted by Crippen LogP contribution is 2.11. The third kappa shape index (κ3) is 5.56. The van der Waals surface area contributed by atoms with E-state index in [1.54, 1.807) is 12.1 Å². The summed E-state index contributed by atoms with van der Waals surface area (Å²) in [6, 6.07) is 6.28. The van der Waals surface area contributed by atoms with Gasteiger partial charge in [0, 0.05) is 12.1 Å². The van der Waals surface area contributed by atoms with Crippen molar-refractivity contribution in [2.75, 3.05) is 6.54 Å². The SMILES string of the molecule is CC(C)CCCCNS(=O)(=O)c1ccc(C(N)=S)cc1. The van der Waals surface area contributed by atoms with Gasteiger partial charge in [0.05, 0.1) is 4.90 Å². The van der Waals surface area contributed by atoms with E-state index in [0.717, 1.165) is 19.3 Å². The van der Waals surface area contributed by atoms with Gasteiger partial charge in [-0.05, 0) is 24.5 Å². The fourth-order valence-electron chi connectivity index (χ4n) is 1.77. The molecule has 0 aromatic heterocycles. The second-order valence-electron chi connectivity index (χ2n) is 5.18. The summed E-state index contributed by atoms with van der Waals surface area (Å²) in [5, 5.41) is 0. The van der Waals surface area contributed by atoms with Crippen LogP contribution >= 0.6 is 12.2 Å². The first-order chi connectivity index (χ1) is 9.33. The lowest BCUT2D eigenvalue weighted by Crippen LogP contribution is -2.25. The molecule has 112 valence electrons. The van der Waals surface area contributed by atoms with Gasteiger partial charge in [0.15, 0.2) is 0 Å². The van der Waals surface area contributed by atoms with Crippen molar-refractivity contribution in [3.63, 3.8) is 0 Å². The van der Waals surface area contributed by atoms with E-state index >= 15 is 0 Å². The van der Waals surface area contributed by atoms with Crippen LogP contribution in [0.5, 0.6) is 0 Å². The Morgan fingerprint density at radius 2 is 1.85 bits per heavy atom. The summed E-state index contributed by atoms with van der Waals surface area (Å²) < 4.78 is 26.7. The number of nitrogens with two attached hydrogens (primary N) is 1. The molecule has 0 amide bonds. The van der Waals surface area contributed by atoms with E-state index in [1.165, 1.54) is 12.1 Å². The van der Waals surface area contributed by atoms with Crippen LogP contribution in [0.15, 0.2) is 29.2 Å². The number of rotatable bonds is 8. The third-order valence-corrected chi connectivity index (χ3v) is 4.66. The maximum Gasteiger partial charge on any atom is 0.240 e. The molecule has 20 heavy (non-hydrogen) atoms. The Kier molecular flexibility index (Phi) is 6.58. The zero-order valence-electron chi connectivity index (χ0n) is 11.9. The Morgan fingerprint density at radius 1 is 1.25 bits per heavy atom. The molecule has 6 heteroatoms. The minimum absolute atomic E-state index is 0.237. The molecular weight excluding hydrogens is 292 g/mol. The van der Waals surface area contributed by atoms with Crippen LogP contribution in [0.3, 0.4) is 0 Å². The molecule has 1 aromatic rings. The summed E-state index contributed by atoms with van der Waals surface area (Å²) in [4.78, 5) is 0.497. The zero-order valence-corrected chi connectivity index (χ0v) is 13.6. The number of thiocarbonyl (C=S) groups is 1. The van der Waals surface area contributed by atoms with E-state index in [4.69, 9.17) is 18.0 Å². The Bertz CT molecular complexity index is 537. The first-order valence-corrected chi connectivity index (χ1v) is 8.61. The van der Waals surface area contributed by atoms with E-state index in [0.29, 0.717) is 18.0 Å². The van der Waals surface area contributed by atoms with Crippen molar-refractivity contribution in [2.24, 2.45) is 11.7 Å². The lowest BCUT2D eigenvalue weighted by molar-refractivity contribution is 0.530. The fraction of sp³-hybridized carbons (Fsp3) is 0.500. The number of hydrogen-bond acceptors (Lipinski definition) is 3. The first-order valence-electron chi connectivity index (χ1n) is 6.72. The molecule has 0 saturated carbocycles. The average molecular weight is 314 g/mol. The summed E-state index contributed by atoms with van der Waals surface area (Å²) in [5.41, 5.74) is 6.14. The van der Waals surface area contributed by atoms with Crippen molar-refractivity contribution >= 4 is 27.2 Å². The minimum Gasteiger partial charge on any atom is -0.389 e. The quantitative estimate of drug-likeness (QED) is 0.571. The van der Waals surface area contributed by atoms with E-state index in [-0.39, 0.29) is 9.88 Å². The summed E-state index contributed by atoms with van der Waals surface area (Å²) in [5.74, 6) is 0.652. The summed E-state index contributed by atoms with van der Waals surface area (Å²) in [7, 11) is -3.44. The van der Waals surface area contributed by atoms with Crippen molar-refractivity contribution in [2.45, 2.75) is 38.0 Å². The Morgan fingerprint density at radius 3 is 2.35 bits per heavy atom. The van der Waals surface area contributed by atoms with Crippen molar-refractivity contribution < 1.29 is 8.42 Å². The van der Waals surface area contributed by atoms with E-state index in [1.807, 2.05) is 0 Å². The molecule has 0 bridgehead atoms. The first kappa shape index (κ1) is 17.1. The average Bonchev–Trinajstić information content (AvgIpc) is 2.38. The van der Waals surface area contributed by atoms with Crippen molar-refractivity contribution in [1.29, 1.82) is 0 Å². The largest absolute Gasteiger partial charge is 0.389 e. The number of benzene rings is 1. The van der Waals surface area contributed by atoms with Gasteiger partial charge in [-0.2, -0.15) is 0 Å². The van der Waals surface area contributed by atoms with Crippen LogP contribution in [0.2, 0.25) is 0 Å².